The smallest absolute Gasteiger partial charge is 0.251 e. The van der Waals surface area contributed by atoms with Gasteiger partial charge in [0.25, 0.3) is 5.91 Å². The minimum absolute atomic E-state index is 0.103. The van der Waals surface area contributed by atoms with Crippen molar-refractivity contribution in [3.63, 3.8) is 0 Å². The van der Waals surface area contributed by atoms with Gasteiger partial charge in [0, 0.05) is 49.8 Å². The molecule has 57 heavy (non-hydrogen) atoms. The standard InChI is InChI=1S/C43H69N3O10S/c1-5-7-23-43(24-8-6-2)29-57(55,56)35-22-21-32(46(3)4)27-33(35)37(41(43)53)30-18-17-19-31(26-30)45-36(49)20-15-13-11-9-10-12-14-16-25-44-42(54)40(52)39(51)38(50)34(48)28-47/h17-19,21-22,26-27,34,37-41,47-48,50-53H,5-16,20,23-25,28-29H2,1-4H3,(H,44,54)(H,45,49)/t34-,37+,38-,39+,40-,41+/m1/s1. The van der Waals surface area contributed by atoms with Crippen LogP contribution < -0.4 is 15.5 Å². The van der Waals surface area contributed by atoms with Crippen LogP contribution in [0.25, 0.3) is 0 Å². The van der Waals surface area contributed by atoms with E-state index in [0.29, 0.717) is 36.9 Å². The van der Waals surface area contributed by atoms with Crippen molar-refractivity contribution in [3.05, 3.63) is 53.6 Å². The Hall–Kier alpha value is -3.11. The van der Waals surface area contributed by atoms with Gasteiger partial charge < -0.3 is 46.2 Å². The molecule has 6 atom stereocenters. The summed E-state index contributed by atoms with van der Waals surface area (Å²) in [5.74, 6) is -1.68. The van der Waals surface area contributed by atoms with E-state index in [9.17, 15) is 43.5 Å². The first-order valence-corrected chi connectivity index (χ1v) is 22.5. The zero-order valence-electron chi connectivity index (χ0n) is 34.4. The highest BCUT2D eigenvalue weighted by atomic mass is 32.2. The summed E-state index contributed by atoms with van der Waals surface area (Å²) in [6.07, 6.45) is 3.69. The van der Waals surface area contributed by atoms with Crippen molar-refractivity contribution < 1.29 is 48.6 Å². The molecule has 0 radical (unpaired) electrons. The molecule has 14 heteroatoms. The highest BCUT2D eigenvalue weighted by Gasteiger charge is 2.49. The van der Waals surface area contributed by atoms with Crippen molar-refractivity contribution in [2.75, 3.05) is 43.2 Å². The molecule has 13 nitrogen and oxygen atoms in total. The zero-order valence-corrected chi connectivity index (χ0v) is 35.2. The van der Waals surface area contributed by atoms with Crippen LogP contribution in [0.5, 0.6) is 0 Å². The fourth-order valence-electron chi connectivity index (χ4n) is 7.89. The van der Waals surface area contributed by atoms with Crippen molar-refractivity contribution in [2.45, 2.75) is 151 Å². The molecule has 2 aromatic carbocycles. The molecule has 0 saturated heterocycles. The van der Waals surface area contributed by atoms with Crippen molar-refractivity contribution in [2.24, 2.45) is 5.41 Å². The van der Waals surface area contributed by atoms with Crippen LogP contribution in [0.1, 0.15) is 127 Å². The number of anilines is 2. The lowest BCUT2D eigenvalue weighted by Gasteiger charge is -2.40. The summed E-state index contributed by atoms with van der Waals surface area (Å²) >= 11 is 0. The molecule has 0 unspecified atom stereocenters. The molecule has 2 aromatic rings. The van der Waals surface area contributed by atoms with E-state index in [1.54, 1.807) is 6.07 Å². The Morgan fingerprint density at radius 3 is 2.05 bits per heavy atom. The molecule has 322 valence electrons. The second-order valence-electron chi connectivity index (χ2n) is 16.1. The Balaban J connectivity index is 1.55. The van der Waals surface area contributed by atoms with Gasteiger partial charge in [-0.15, -0.1) is 0 Å². The highest BCUT2D eigenvalue weighted by Crippen LogP contribution is 2.50. The monoisotopic (exact) mass is 819 g/mol. The number of hydrogen-bond donors (Lipinski definition) is 8. The lowest BCUT2D eigenvalue weighted by molar-refractivity contribution is -0.148. The van der Waals surface area contributed by atoms with Crippen LogP contribution in [0.4, 0.5) is 11.4 Å². The summed E-state index contributed by atoms with van der Waals surface area (Å²) in [6, 6.07) is 12.9. The molecule has 0 bridgehead atoms. The number of unbranched alkanes of at least 4 members (excludes halogenated alkanes) is 9. The number of carbonyl (C=O) groups excluding carboxylic acids is 2. The van der Waals surface area contributed by atoms with Crippen LogP contribution in [-0.2, 0) is 19.4 Å². The molecule has 8 N–H and O–H groups in total. The van der Waals surface area contributed by atoms with Gasteiger partial charge in [0.15, 0.2) is 15.9 Å². The number of aliphatic hydroxyl groups excluding tert-OH is 6. The maximum Gasteiger partial charge on any atom is 0.251 e. The Bertz CT molecular complexity index is 1650. The first-order chi connectivity index (χ1) is 27.1. The molecule has 1 aliphatic rings. The lowest BCUT2D eigenvalue weighted by Crippen LogP contribution is -2.51. The number of aliphatic hydroxyl groups is 6. The molecule has 0 aliphatic carbocycles. The first-order valence-electron chi connectivity index (χ1n) is 20.8. The van der Waals surface area contributed by atoms with E-state index in [-0.39, 0.29) is 23.1 Å². The van der Waals surface area contributed by atoms with Gasteiger partial charge in [0.1, 0.15) is 18.3 Å². The Morgan fingerprint density at radius 2 is 1.46 bits per heavy atom. The van der Waals surface area contributed by atoms with Gasteiger partial charge in [-0.05, 0) is 67.1 Å². The molecule has 0 aromatic heterocycles. The van der Waals surface area contributed by atoms with Gasteiger partial charge in [-0.1, -0.05) is 90.2 Å². The fraction of sp³-hybridized carbons (Fsp3) is 0.674. The van der Waals surface area contributed by atoms with Crippen molar-refractivity contribution in [1.82, 2.24) is 5.32 Å². The summed E-state index contributed by atoms with van der Waals surface area (Å²) in [4.78, 5) is 27.3. The molecule has 1 aliphatic heterocycles. The van der Waals surface area contributed by atoms with E-state index in [1.807, 2.05) is 55.4 Å². The second kappa shape index (κ2) is 23.5. The highest BCUT2D eigenvalue weighted by molar-refractivity contribution is 7.91. The minimum Gasteiger partial charge on any atom is -0.394 e. The van der Waals surface area contributed by atoms with Crippen LogP contribution in [0, 0.1) is 5.41 Å². The predicted molar refractivity (Wildman–Crippen MR) is 223 cm³/mol. The maximum absolute atomic E-state index is 14.2. The third kappa shape index (κ3) is 13.7. The number of sulfone groups is 1. The number of rotatable bonds is 25. The fourth-order valence-corrected chi connectivity index (χ4v) is 10.1. The molecular weight excluding hydrogens is 751 g/mol. The number of nitrogens with zero attached hydrogens (tertiary/aromatic N) is 1. The normalized spacial score (nSPS) is 19.4. The molecule has 2 amide bonds. The molecule has 3 rings (SSSR count). The maximum atomic E-state index is 14.2. The summed E-state index contributed by atoms with van der Waals surface area (Å²) in [7, 11) is 0.0904. The average Bonchev–Trinajstić information content (AvgIpc) is 3.26. The van der Waals surface area contributed by atoms with Crippen LogP contribution in [0.15, 0.2) is 47.4 Å². The molecular formula is C43H69N3O10S. The summed E-state index contributed by atoms with van der Waals surface area (Å²) < 4.78 is 28.3. The van der Waals surface area contributed by atoms with E-state index >= 15 is 0 Å². The number of amides is 2. The van der Waals surface area contributed by atoms with Gasteiger partial charge in [-0.3, -0.25) is 9.59 Å². The van der Waals surface area contributed by atoms with Gasteiger partial charge >= 0.3 is 0 Å². The minimum atomic E-state index is -3.72. The average molecular weight is 820 g/mol. The van der Waals surface area contributed by atoms with Gasteiger partial charge in [-0.2, -0.15) is 0 Å². The number of benzene rings is 2. The summed E-state index contributed by atoms with van der Waals surface area (Å²) in [5, 5.41) is 65.6. The van der Waals surface area contributed by atoms with E-state index in [1.165, 1.54) is 0 Å². The molecule has 0 spiro atoms. The SMILES string of the molecule is CCCCC1(CCCC)CS(=O)(=O)c2ccc(N(C)C)cc2[C@H](c2cccc(NC(=O)CCCCCCCCCCNC(=O)[C@H](O)[C@@H](O)[C@H](O)[C@H](O)CO)c2)[C@@H]1O. The lowest BCUT2D eigenvalue weighted by atomic mass is 9.68. The van der Waals surface area contributed by atoms with Crippen LogP contribution in [-0.4, -0.2) is 114 Å². The summed E-state index contributed by atoms with van der Waals surface area (Å²) in [6.45, 7) is 3.63. The molecule has 0 saturated carbocycles. The first kappa shape index (κ1) is 48.3. The Labute approximate surface area is 339 Å². The Kier molecular flexibility index (Phi) is 19.9. The van der Waals surface area contributed by atoms with Crippen LogP contribution in [0.3, 0.4) is 0 Å². The van der Waals surface area contributed by atoms with E-state index in [2.05, 4.69) is 24.5 Å². The van der Waals surface area contributed by atoms with Crippen molar-refractivity contribution in [3.8, 4) is 0 Å². The topological polar surface area (TPSA) is 217 Å². The van der Waals surface area contributed by atoms with Gasteiger partial charge in [0.05, 0.1) is 23.4 Å². The van der Waals surface area contributed by atoms with Crippen molar-refractivity contribution in [1.29, 1.82) is 0 Å². The second-order valence-corrected chi connectivity index (χ2v) is 18.0. The van der Waals surface area contributed by atoms with E-state index < -0.39 is 64.2 Å². The number of hydrogen-bond acceptors (Lipinski definition) is 11. The predicted octanol–water partition coefficient (Wildman–Crippen LogP) is 4.40. The quantitative estimate of drug-likeness (QED) is 0.0657. The van der Waals surface area contributed by atoms with Crippen molar-refractivity contribution >= 4 is 33.0 Å². The molecule has 0 fully saturated rings. The van der Waals surface area contributed by atoms with Crippen LogP contribution in [0.2, 0.25) is 0 Å². The van der Waals surface area contributed by atoms with E-state index in [0.717, 1.165) is 81.9 Å². The Morgan fingerprint density at radius 1 is 0.842 bits per heavy atom. The third-order valence-corrected chi connectivity index (χ3v) is 13.3. The summed E-state index contributed by atoms with van der Waals surface area (Å²) in [5.41, 5.74) is 1.98. The largest absolute Gasteiger partial charge is 0.394 e. The van der Waals surface area contributed by atoms with Gasteiger partial charge in [0.2, 0.25) is 5.91 Å². The number of fused-ring (bicyclic) bond motifs is 1. The third-order valence-electron chi connectivity index (χ3n) is 11.3. The zero-order chi connectivity index (χ0) is 42.2. The molecule has 1 heterocycles. The van der Waals surface area contributed by atoms with Crippen LogP contribution >= 0.6 is 0 Å². The van der Waals surface area contributed by atoms with Gasteiger partial charge in [-0.25, -0.2) is 8.42 Å². The van der Waals surface area contributed by atoms with E-state index in [4.69, 9.17) is 5.11 Å². The number of carbonyl (C=O) groups is 2. The number of nitrogens with one attached hydrogen (secondary N) is 2.